The van der Waals surface area contributed by atoms with Crippen molar-refractivity contribution in [1.82, 2.24) is 10.2 Å². The molecule has 2 amide bonds. The van der Waals surface area contributed by atoms with E-state index in [2.05, 4.69) is 5.32 Å². The molecule has 1 aromatic heterocycles. The highest BCUT2D eigenvalue weighted by atomic mass is 35.5. The largest absolute Gasteiger partial charge is 0.491 e. The van der Waals surface area contributed by atoms with Gasteiger partial charge in [0.1, 0.15) is 10.4 Å². The maximum absolute atomic E-state index is 14.0. The standard InChI is InChI=1S/C29H29Cl3F3N3O4S/c30-18-4-2-17(3-5-18)22-23(42-15-1-14-39)25(43-24(22)20-7-6-19(31)16-21(20)32)26(40)38-12-9-28(10-13-38,27(36)41)37-11-8-29(33,34)35/h2-7,16,37,39H,1,8-15H2,(H2,36,41). The third kappa shape index (κ3) is 7.95. The Labute approximate surface area is 265 Å². The number of alkyl halides is 3. The summed E-state index contributed by atoms with van der Waals surface area (Å²) in [7, 11) is 0. The zero-order valence-electron chi connectivity index (χ0n) is 22.8. The minimum Gasteiger partial charge on any atom is -0.491 e. The van der Waals surface area contributed by atoms with Crippen molar-refractivity contribution < 1.29 is 32.6 Å². The number of nitrogens with one attached hydrogen (secondary N) is 1. The van der Waals surface area contributed by atoms with Crippen molar-refractivity contribution >= 4 is 58.0 Å². The van der Waals surface area contributed by atoms with Crippen LogP contribution in [0.15, 0.2) is 42.5 Å². The lowest BCUT2D eigenvalue weighted by Crippen LogP contribution is -2.61. The zero-order chi connectivity index (χ0) is 31.4. The number of halogens is 6. The highest BCUT2D eigenvalue weighted by Gasteiger charge is 2.42. The number of carbonyl (C=O) groups excluding carboxylic acids is 2. The van der Waals surface area contributed by atoms with E-state index < -0.39 is 30.6 Å². The molecule has 0 radical (unpaired) electrons. The van der Waals surface area contributed by atoms with Gasteiger partial charge in [0.25, 0.3) is 5.91 Å². The first-order chi connectivity index (χ1) is 20.3. The molecule has 7 nitrogen and oxygen atoms in total. The van der Waals surface area contributed by atoms with Crippen LogP contribution in [0.3, 0.4) is 0 Å². The molecule has 0 bridgehead atoms. The van der Waals surface area contributed by atoms with E-state index in [1.54, 1.807) is 42.5 Å². The first kappa shape index (κ1) is 33.4. The Balaban J connectivity index is 1.72. The monoisotopic (exact) mass is 677 g/mol. The van der Waals surface area contributed by atoms with Crippen molar-refractivity contribution in [2.45, 2.75) is 37.4 Å². The summed E-state index contributed by atoms with van der Waals surface area (Å²) in [5.74, 6) is -0.860. The Kier molecular flexibility index (Phi) is 10.9. The second kappa shape index (κ2) is 14.0. The number of aliphatic hydroxyl groups is 1. The van der Waals surface area contributed by atoms with Crippen molar-refractivity contribution in [1.29, 1.82) is 0 Å². The van der Waals surface area contributed by atoms with Crippen molar-refractivity contribution in [2.24, 2.45) is 5.73 Å². The minimum atomic E-state index is -4.39. The van der Waals surface area contributed by atoms with Crippen molar-refractivity contribution in [3.8, 4) is 27.3 Å². The average molecular weight is 679 g/mol. The summed E-state index contributed by atoms with van der Waals surface area (Å²) in [6.45, 7) is -0.327. The fraction of sp³-hybridized carbons (Fsp3) is 0.379. The molecule has 3 aromatic rings. The Morgan fingerprint density at radius 3 is 2.30 bits per heavy atom. The molecule has 14 heteroatoms. The first-order valence-corrected chi connectivity index (χ1v) is 15.3. The van der Waals surface area contributed by atoms with E-state index >= 15 is 0 Å². The predicted molar refractivity (Wildman–Crippen MR) is 163 cm³/mol. The molecule has 2 heterocycles. The van der Waals surface area contributed by atoms with Crippen LogP contribution in [0.4, 0.5) is 13.2 Å². The number of likely N-dealkylation sites (tertiary alicyclic amines) is 1. The number of benzene rings is 2. The highest BCUT2D eigenvalue weighted by molar-refractivity contribution is 7.18. The number of primary amides is 1. The van der Waals surface area contributed by atoms with Gasteiger partial charge in [0.15, 0.2) is 5.75 Å². The van der Waals surface area contributed by atoms with E-state index in [-0.39, 0.29) is 49.9 Å². The number of ether oxygens (including phenoxy) is 1. The van der Waals surface area contributed by atoms with Crippen molar-refractivity contribution in [3.05, 3.63) is 62.4 Å². The number of nitrogens with zero attached hydrogens (tertiary/aromatic N) is 1. The molecule has 43 heavy (non-hydrogen) atoms. The van der Waals surface area contributed by atoms with Crippen LogP contribution in [0.2, 0.25) is 15.1 Å². The van der Waals surface area contributed by atoms with Crippen LogP contribution in [-0.4, -0.2) is 66.4 Å². The maximum Gasteiger partial charge on any atom is 0.390 e. The second-order valence-electron chi connectivity index (χ2n) is 10.1. The summed E-state index contributed by atoms with van der Waals surface area (Å²) in [5.41, 5.74) is 6.17. The fourth-order valence-electron chi connectivity index (χ4n) is 4.86. The van der Waals surface area contributed by atoms with Crippen LogP contribution in [0.25, 0.3) is 21.6 Å². The molecule has 1 saturated heterocycles. The smallest absolute Gasteiger partial charge is 0.390 e. The van der Waals surface area contributed by atoms with Gasteiger partial charge in [0.05, 0.1) is 18.1 Å². The lowest BCUT2D eigenvalue weighted by Gasteiger charge is -2.40. The number of thiophene rings is 1. The number of aliphatic hydroxyl groups excluding tert-OH is 1. The molecule has 0 spiro atoms. The quantitative estimate of drug-likeness (QED) is 0.194. The van der Waals surface area contributed by atoms with Gasteiger partial charge < -0.3 is 25.8 Å². The van der Waals surface area contributed by atoms with Gasteiger partial charge in [-0.1, -0.05) is 53.0 Å². The molecule has 2 aromatic carbocycles. The van der Waals surface area contributed by atoms with Crippen LogP contribution in [0.1, 0.15) is 35.4 Å². The first-order valence-electron chi connectivity index (χ1n) is 13.4. The Morgan fingerprint density at radius 2 is 1.72 bits per heavy atom. The SMILES string of the molecule is NC(=O)C1(NCCC(F)(F)F)CCN(C(=O)c2sc(-c3ccc(Cl)cc3Cl)c(-c3ccc(Cl)cc3)c2OCCCO)CC1. The number of piperidine rings is 1. The van der Waals surface area contributed by atoms with E-state index in [0.29, 0.717) is 48.8 Å². The third-order valence-electron chi connectivity index (χ3n) is 7.16. The topological polar surface area (TPSA) is 105 Å². The predicted octanol–water partition coefficient (Wildman–Crippen LogP) is 6.81. The summed E-state index contributed by atoms with van der Waals surface area (Å²) in [5, 5.41) is 13.4. The summed E-state index contributed by atoms with van der Waals surface area (Å²) < 4.78 is 44.3. The van der Waals surface area contributed by atoms with E-state index in [1.165, 1.54) is 16.2 Å². The lowest BCUT2D eigenvalue weighted by molar-refractivity contribution is -0.137. The summed E-state index contributed by atoms with van der Waals surface area (Å²) >= 11 is 20.1. The fourth-order valence-corrected chi connectivity index (χ4v) is 6.82. The van der Waals surface area contributed by atoms with Crippen LogP contribution in [0.5, 0.6) is 5.75 Å². The Hall–Kier alpha value is -2.54. The van der Waals surface area contributed by atoms with Crippen molar-refractivity contribution in [3.63, 3.8) is 0 Å². The van der Waals surface area contributed by atoms with Gasteiger partial charge in [0, 0.05) is 58.7 Å². The van der Waals surface area contributed by atoms with Crippen LogP contribution >= 0.6 is 46.1 Å². The van der Waals surface area contributed by atoms with Gasteiger partial charge in [-0.05, 0) is 42.7 Å². The van der Waals surface area contributed by atoms with E-state index in [9.17, 15) is 27.9 Å². The Bertz CT molecular complexity index is 1460. The third-order valence-corrected chi connectivity index (χ3v) is 9.16. The van der Waals surface area contributed by atoms with Gasteiger partial charge in [-0.2, -0.15) is 13.2 Å². The van der Waals surface area contributed by atoms with Crippen LogP contribution in [0, 0.1) is 0 Å². The number of hydrogen-bond donors (Lipinski definition) is 3. The molecule has 0 atom stereocenters. The molecule has 4 N–H and O–H groups in total. The van der Waals surface area contributed by atoms with E-state index in [1.807, 2.05) is 0 Å². The second-order valence-corrected chi connectivity index (χ2v) is 12.4. The molecule has 1 aliphatic heterocycles. The summed E-state index contributed by atoms with van der Waals surface area (Å²) in [6.07, 6.45) is -5.11. The number of nitrogens with two attached hydrogens (primary N) is 1. The maximum atomic E-state index is 14.0. The zero-order valence-corrected chi connectivity index (χ0v) is 25.9. The van der Waals surface area contributed by atoms with Crippen molar-refractivity contribution in [2.75, 3.05) is 32.8 Å². The lowest BCUT2D eigenvalue weighted by atomic mass is 9.86. The van der Waals surface area contributed by atoms with Gasteiger partial charge in [-0.25, -0.2) is 0 Å². The summed E-state index contributed by atoms with van der Waals surface area (Å²) in [6, 6.07) is 12.0. The normalized spacial score (nSPS) is 15.0. The number of hydrogen-bond acceptors (Lipinski definition) is 6. The molecule has 0 aliphatic carbocycles. The van der Waals surface area contributed by atoms with Gasteiger partial charge in [-0.3, -0.25) is 9.59 Å². The molecule has 232 valence electrons. The van der Waals surface area contributed by atoms with Gasteiger partial charge >= 0.3 is 6.18 Å². The minimum absolute atomic E-state index is 0.0396. The molecule has 0 saturated carbocycles. The number of carbonyl (C=O) groups is 2. The highest BCUT2D eigenvalue weighted by Crippen LogP contribution is 2.50. The van der Waals surface area contributed by atoms with E-state index in [4.69, 9.17) is 45.3 Å². The molecule has 4 rings (SSSR count). The van der Waals surface area contributed by atoms with Crippen LogP contribution < -0.4 is 15.8 Å². The number of rotatable bonds is 11. The molecular weight excluding hydrogens is 650 g/mol. The molecular formula is C29H29Cl3F3N3O4S. The average Bonchev–Trinajstić information content (AvgIpc) is 3.31. The van der Waals surface area contributed by atoms with Crippen LogP contribution in [-0.2, 0) is 4.79 Å². The summed E-state index contributed by atoms with van der Waals surface area (Å²) in [4.78, 5) is 28.8. The van der Waals surface area contributed by atoms with Gasteiger partial charge in [0.2, 0.25) is 5.91 Å². The molecule has 1 fully saturated rings. The Morgan fingerprint density at radius 1 is 1.07 bits per heavy atom. The number of amides is 2. The molecule has 1 aliphatic rings. The van der Waals surface area contributed by atoms with Gasteiger partial charge in [-0.15, -0.1) is 11.3 Å². The van der Waals surface area contributed by atoms with E-state index in [0.717, 1.165) is 0 Å². The molecule has 0 unspecified atom stereocenters.